The van der Waals surface area contributed by atoms with Gasteiger partial charge in [-0.05, 0) is 60.2 Å². The third-order valence-electron chi connectivity index (χ3n) is 2.90. The number of anilines is 1. The number of hydrogen-bond donors (Lipinski definition) is 1. The molecule has 17 heavy (non-hydrogen) atoms. The summed E-state index contributed by atoms with van der Waals surface area (Å²) in [4.78, 5) is 22.8. The Morgan fingerprint density at radius 1 is 1.06 bits per heavy atom. The Hall–Kier alpha value is -1.06. The smallest absolute Gasteiger partial charge is 0.253 e. The zero-order chi connectivity index (χ0) is 13.3. The molecule has 0 amide bonds. The highest BCUT2D eigenvalue weighted by Gasteiger charge is 2.23. The van der Waals surface area contributed by atoms with Crippen LogP contribution in [0.1, 0.15) is 44.3 Å². The van der Waals surface area contributed by atoms with E-state index in [9.17, 15) is 9.59 Å². The zero-order valence-electron chi connectivity index (χ0n) is 9.86. The SMILES string of the molecule is CCc1c(N)c(C)c(C(=O)Cl)c(C)c1C(=O)Cl. The Morgan fingerprint density at radius 3 is 1.88 bits per heavy atom. The molecular formula is C12H13Cl2NO2. The van der Waals surface area contributed by atoms with Crippen LogP contribution in [0.5, 0.6) is 0 Å². The lowest BCUT2D eigenvalue weighted by Crippen LogP contribution is -2.12. The average Bonchev–Trinajstić information content (AvgIpc) is 2.21. The van der Waals surface area contributed by atoms with E-state index in [1.807, 2.05) is 6.92 Å². The van der Waals surface area contributed by atoms with Crippen molar-refractivity contribution >= 4 is 39.4 Å². The molecule has 0 fully saturated rings. The summed E-state index contributed by atoms with van der Waals surface area (Å²) < 4.78 is 0. The highest BCUT2D eigenvalue weighted by Crippen LogP contribution is 2.32. The van der Waals surface area contributed by atoms with Crippen LogP contribution in [-0.2, 0) is 6.42 Å². The first kappa shape index (κ1) is 14.0. The average molecular weight is 274 g/mol. The lowest BCUT2D eigenvalue weighted by atomic mass is 9.90. The van der Waals surface area contributed by atoms with E-state index in [0.717, 1.165) is 0 Å². The van der Waals surface area contributed by atoms with Crippen molar-refractivity contribution in [3.63, 3.8) is 0 Å². The molecule has 1 aromatic rings. The van der Waals surface area contributed by atoms with Crippen molar-refractivity contribution in [3.8, 4) is 0 Å². The summed E-state index contributed by atoms with van der Waals surface area (Å²) >= 11 is 11.1. The van der Waals surface area contributed by atoms with Crippen LogP contribution in [0.2, 0.25) is 0 Å². The molecule has 5 heteroatoms. The summed E-state index contributed by atoms with van der Waals surface area (Å²) in [6.07, 6.45) is 0.568. The minimum atomic E-state index is -0.631. The Morgan fingerprint density at radius 2 is 1.53 bits per heavy atom. The lowest BCUT2D eigenvalue weighted by Gasteiger charge is -2.17. The molecule has 0 spiro atoms. The topological polar surface area (TPSA) is 60.2 Å². The lowest BCUT2D eigenvalue weighted by molar-refractivity contribution is 0.107. The first-order valence-corrected chi connectivity index (χ1v) is 5.89. The Kier molecular flexibility index (Phi) is 4.17. The van der Waals surface area contributed by atoms with Gasteiger partial charge < -0.3 is 5.73 Å². The van der Waals surface area contributed by atoms with E-state index >= 15 is 0 Å². The number of rotatable bonds is 3. The quantitative estimate of drug-likeness (QED) is 0.680. The molecule has 0 unspecified atom stereocenters. The molecule has 0 atom stereocenters. The number of halogens is 2. The van der Waals surface area contributed by atoms with Crippen LogP contribution < -0.4 is 5.73 Å². The summed E-state index contributed by atoms with van der Waals surface area (Å²) in [6.45, 7) is 5.23. The Labute approximate surface area is 110 Å². The molecule has 3 nitrogen and oxygen atoms in total. The molecule has 0 radical (unpaired) electrons. The maximum absolute atomic E-state index is 11.4. The number of benzene rings is 1. The summed E-state index contributed by atoms with van der Waals surface area (Å²) in [5.41, 5.74) is 8.65. The predicted octanol–water partition coefficient (Wildman–Crippen LogP) is 3.21. The molecule has 0 saturated carbocycles. The largest absolute Gasteiger partial charge is 0.398 e. The van der Waals surface area contributed by atoms with Crippen LogP contribution in [-0.4, -0.2) is 10.5 Å². The van der Waals surface area contributed by atoms with Gasteiger partial charge in [-0.3, -0.25) is 9.59 Å². The van der Waals surface area contributed by atoms with E-state index in [2.05, 4.69) is 0 Å². The molecule has 0 aliphatic heterocycles. The summed E-state index contributed by atoms with van der Waals surface area (Å²) in [5.74, 6) is 0. The van der Waals surface area contributed by atoms with Gasteiger partial charge in [0.05, 0.1) is 0 Å². The summed E-state index contributed by atoms with van der Waals surface area (Å²) in [5, 5.41) is -1.25. The highest BCUT2D eigenvalue weighted by molar-refractivity contribution is 6.69. The Balaban J connectivity index is 3.82. The van der Waals surface area contributed by atoms with Gasteiger partial charge >= 0.3 is 0 Å². The third-order valence-corrected chi connectivity index (χ3v) is 3.28. The van der Waals surface area contributed by atoms with Crippen LogP contribution in [0, 0.1) is 13.8 Å². The molecule has 2 N–H and O–H groups in total. The first-order valence-electron chi connectivity index (χ1n) is 5.14. The van der Waals surface area contributed by atoms with Gasteiger partial charge in [0.25, 0.3) is 10.5 Å². The predicted molar refractivity (Wildman–Crippen MR) is 70.1 cm³/mol. The maximum atomic E-state index is 11.4. The first-order chi connectivity index (χ1) is 7.82. The molecular weight excluding hydrogens is 261 g/mol. The highest BCUT2D eigenvalue weighted by atomic mass is 35.5. The van der Waals surface area contributed by atoms with Crippen molar-refractivity contribution in [1.82, 2.24) is 0 Å². The van der Waals surface area contributed by atoms with Crippen LogP contribution in [0.15, 0.2) is 0 Å². The van der Waals surface area contributed by atoms with Crippen molar-refractivity contribution in [2.45, 2.75) is 27.2 Å². The van der Waals surface area contributed by atoms with Crippen LogP contribution in [0.3, 0.4) is 0 Å². The van der Waals surface area contributed by atoms with Gasteiger partial charge in [0.15, 0.2) is 0 Å². The number of nitrogen functional groups attached to an aromatic ring is 1. The molecule has 0 heterocycles. The number of carbonyl (C=O) groups excluding carboxylic acids is 2. The van der Waals surface area contributed by atoms with Gasteiger partial charge in [-0.15, -0.1) is 0 Å². The van der Waals surface area contributed by atoms with Crippen molar-refractivity contribution in [2.24, 2.45) is 0 Å². The third kappa shape index (κ3) is 2.31. The van der Waals surface area contributed by atoms with E-state index in [4.69, 9.17) is 28.9 Å². The molecule has 0 aliphatic carbocycles. The standard InChI is InChI=1S/C12H13Cl2NO2/c1-4-7-9(12(14)17)5(2)8(11(13)16)6(3)10(7)15/h4,15H2,1-3H3. The van der Waals surface area contributed by atoms with E-state index in [1.54, 1.807) is 13.8 Å². The van der Waals surface area contributed by atoms with Crippen LogP contribution >= 0.6 is 23.2 Å². The second kappa shape index (κ2) is 5.07. The molecule has 0 aliphatic rings. The van der Waals surface area contributed by atoms with Crippen LogP contribution in [0.4, 0.5) is 5.69 Å². The molecule has 0 bridgehead atoms. The van der Waals surface area contributed by atoms with Crippen molar-refractivity contribution in [2.75, 3.05) is 5.73 Å². The molecule has 92 valence electrons. The van der Waals surface area contributed by atoms with E-state index in [-0.39, 0.29) is 5.56 Å². The zero-order valence-corrected chi connectivity index (χ0v) is 11.4. The van der Waals surface area contributed by atoms with Crippen molar-refractivity contribution in [3.05, 3.63) is 27.8 Å². The molecule has 1 rings (SSSR count). The minimum absolute atomic E-state index is 0.269. The minimum Gasteiger partial charge on any atom is -0.398 e. The van der Waals surface area contributed by atoms with Crippen LogP contribution in [0.25, 0.3) is 0 Å². The Bertz CT molecular complexity index is 510. The number of nitrogens with two attached hydrogens (primary N) is 1. The fourth-order valence-corrected chi connectivity index (χ4v) is 2.60. The number of hydrogen-bond acceptors (Lipinski definition) is 3. The van der Waals surface area contributed by atoms with Gasteiger partial charge in [-0.2, -0.15) is 0 Å². The van der Waals surface area contributed by atoms with Gasteiger partial charge in [0, 0.05) is 16.8 Å². The monoisotopic (exact) mass is 273 g/mol. The molecule has 0 saturated heterocycles. The fraction of sp³-hybridized carbons (Fsp3) is 0.333. The molecule has 1 aromatic carbocycles. The van der Waals surface area contributed by atoms with E-state index < -0.39 is 10.5 Å². The van der Waals surface area contributed by atoms with E-state index in [0.29, 0.717) is 34.4 Å². The van der Waals surface area contributed by atoms with Crippen molar-refractivity contribution in [1.29, 1.82) is 0 Å². The van der Waals surface area contributed by atoms with Gasteiger partial charge in [-0.25, -0.2) is 0 Å². The normalized spacial score (nSPS) is 10.4. The van der Waals surface area contributed by atoms with Crippen molar-refractivity contribution < 1.29 is 9.59 Å². The van der Waals surface area contributed by atoms with Gasteiger partial charge in [-0.1, -0.05) is 6.92 Å². The maximum Gasteiger partial charge on any atom is 0.253 e. The molecule has 0 aromatic heterocycles. The van der Waals surface area contributed by atoms with Gasteiger partial charge in [0.1, 0.15) is 0 Å². The van der Waals surface area contributed by atoms with Gasteiger partial charge in [0.2, 0.25) is 0 Å². The number of carbonyl (C=O) groups is 2. The fourth-order valence-electron chi connectivity index (χ4n) is 2.06. The summed E-state index contributed by atoms with van der Waals surface area (Å²) in [6, 6.07) is 0. The second-order valence-electron chi connectivity index (χ2n) is 3.79. The van der Waals surface area contributed by atoms with E-state index in [1.165, 1.54) is 0 Å². The second-order valence-corrected chi connectivity index (χ2v) is 4.48. The summed E-state index contributed by atoms with van der Waals surface area (Å²) in [7, 11) is 0.